The number of hydrogen-bond donors (Lipinski definition) is 2. The Hall–Kier alpha value is -1.06. The summed E-state index contributed by atoms with van der Waals surface area (Å²) < 4.78 is 0. The van der Waals surface area contributed by atoms with Gasteiger partial charge in [-0.25, -0.2) is 0 Å². The Kier molecular flexibility index (Phi) is 4.17. The predicted molar refractivity (Wildman–Crippen MR) is 65.6 cm³/mol. The van der Waals surface area contributed by atoms with Gasteiger partial charge in [-0.05, 0) is 33.1 Å². The highest BCUT2D eigenvalue weighted by molar-refractivity contribution is 5.83. The molecule has 1 aliphatic carbocycles. The van der Waals surface area contributed by atoms with Crippen molar-refractivity contribution < 1.29 is 14.7 Å². The number of rotatable bonds is 5. The van der Waals surface area contributed by atoms with Crippen LogP contribution in [0.15, 0.2) is 0 Å². The van der Waals surface area contributed by atoms with Crippen molar-refractivity contribution in [3.8, 4) is 0 Å². The highest BCUT2D eigenvalue weighted by Gasteiger charge is 2.40. The van der Waals surface area contributed by atoms with E-state index >= 15 is 0 Å². The first-order valence-electron chi connectivity index (χ1n) is 6.36. The molecule has 0 aromatic heterocycles. The van der Waals surface area contributed by atoms with E-state index in [0.29, 0.717) is 0 Å². The van der Waals surface area contributed by atoms with Crippen LogP contribution in [0.4, 0.5) is 0 Å². The molecule has 0 bridgehead atoms. The Morgan fingerprint density at radius 1 is 1.29 bits per heavy atom. The second-order valence-electron chi connectivity index (χ2n) is 5.71. The van der Waals surface area contributed by atoms with E-state index in [2.05, 4.69) is 5.32 Å². The van der Waals surface area contributed by atoms with Crippen molar-refractivity contribution in [2.75, 3.05) is 6.54 Å². The summed E-state index contributed by atoms with van der Waals surface area (Å²) in [5.74, 6) is -0.846. The quantitative estimate of drug-likeness (QED) is 0.775. The van der Waals surface area contributed by atoms with Crippen LogP contribution in [0.1, 0.15) is 52.9 Å². The lowest BCUT2D eigenvalue weighted by atomic mass is 9.82. The molecule has 0 aromatic rings. The van der Waals surface area contributed by atoms with Crippen LogP contribution >= 0.6 is 0 Å². The molecule has 17 heavy (non-hydrogen) atoms. The van der Waals surface area contributed by atoms with E-state index in [-0.39, 0.29) is 17.9 Å². The molecule has 0 radical (unpaired) electrons. The maximum atomic E-state index is 12.2. The highest BCUT2D eigenvalue weighted by Crippen LogP contribution is 2.41. The second-order valence-corrected chi connectivity index (χ2v) is 5.71. The molecule has 98 valence electrons. The summed E-state index contributed by atoms with van der Waals surface area (Å²) in [6.07, 6.45) is 4.91. The molecule has 1 aliphatic rings. The molecule has 0 saturated heterocycles. The summed E-state index contributed by atoms with van der Waals surface area (Å²) in [6.45, 7) is 5.49. The van der Waals surface area contributed by atoms with Gasteiger partial charge in [-0.3, -0.25) is 9.59 Å². The third kappa shape index (κ3) is 2.99. The van der Waals surface area contributed by atoms with Crippen LogP contribution in [-0.2, 0) is 9.59 Å². The van der Waals surface area contributed by atoms with Gasteiger partial charge in [0.25, 0.3) is 0 Å². The van der Waals surface area contributed by atoms with E-state index in [4.69, 9.17) is 5.11 Å². The topological polar surface area (TPSA) is 66.4 Å². The van der Waals surface area contributed by atoms with E-state index in [1.54, 1.807) is 13.8 Å². The average Bonchev–Trinajstić information content (AvgIpc) is 2.75. The molecule has 0 unspecified atom stereocenters. The number of carboxylic acid groups (broad SMARTS) is 1. The molecule has 2 N–H and O–H groups in total. The van der Waals surface area contributed by atoms with Crippen molar-refractivity contribution in [3.05, 3.63) is 0 Å². The first-order valence-corrected chi connectivity index (χ1v) is 6.36. The summed E-state index contributed by atoms with van der Waals surface area (Å²) >= 11 is 0. The van der Waals surface area contributed by atoms with Crippen molar-refractivity contribution in [3.63, 3.8) is 0 Å². The van der Waals surface area contributed by atoms with Crippen molar-refractivity contribution in [1.82, 2.24) is 5.32 Å². The van der Waals surface area contributed by atoms with Gasteiger partial charge in [0.1, 0.15) is 0 Å². The van der Waals surface area contributed by atoms with Gasteiger partial charge < -0.3 is 10.4 Å². The maximum absolute atomic E-state index is 12.2. The Bertz CT molecular complexity index is 304. The van der Waals surface area contributed by atoms with E-state index in [9.17, 15) is 9.59 Å². The zero-order valence-electron chi connectivity index (χ0n) is 11.0. The molecule has 0 aliphatic heterocycles. The Labute approximate surface area is 103 Å². The van der Waals surface area contributed by atoms with Crippen LogP contribution < -0.4 is 5.32 Å². The van der Waals surface area contributed by atoms with Crippen LogP contribution in [0.25, 0.3) is 0 Å². The number of carbonyl (C=O) groups is 2. The van der Waals surface area contributed by atoms with Gasteiger partial charge >= 0.3 is 5.97 Å². The van der Waals surface area contributed by atoms with Crippen molar-refractivity contribution >= 4 is 11.9 Å². The zero-order valence-corrected chi connectivity index (χ0v) is 11.0. The Morgan fingerprint density at radius 3 is 2.24 bits per heavy atom. The minimum absolute atomic E-state index is 0.0341. The fourth-order valence-electron chi connectivity index (χ4n) is 2.36. The third-order valence-electron chi connectivity index (χ3n) is 3.99. The minimum Gasteiger partial charge on any atom is -0.481 e. The number of aliphatic carboxylic acids is 1. The van der Waals surface area contributed by atoms with Crippen LogP contribution in [0.3, 0.4) is 0 Å². The third-order valence-corrected chi connectivity index (χ3v) is 3.99. The normalized spacial score (nSPS) is 19.0. The van der Waals surface area contributed by atoms with Crippen LogP contribution in [-0.4, -0.2) is 23.5 Å². The van der Waals surface area contributed by atoms with Gasteiger partial charge in [0, 0.05) is 12.0 Å². The van der Waals surface area contributed by atoms with Crippen molar-refractivity contribution in [2.45, 2.75) is 52.9 Å². The van der Waals surface area contributed by atoms with Crippen LogP contribution in [0.5, 0.6) is 0 Å². The number of carboxylic acids is 1. The molecule has 0 atom stereocenters. The van der Waals surface area contributed by atoms with Gasteiger partial charge in [-0.15, -0.1) is 0 Å². The summed E-state index contributed by atoms with van der Waals surface area (Å²) in [7, 11) is 0. The summed E-state index contributed by atoms with van der Waals surface area (Å²) in [5.41, 5.74) is -1.14. The maximum Gasteiger partial charge on any atom is 0.310 e. The highest BCUT2D eigenvalue weighted by atomic mass is 16.4. The van der Waals surface area contributed by atoms with Gasteiger partial charge in [0.2, 0.25) is 5.91 Å². The second kappa shape index (κ2) is 5.07. The summed E-state index contributed by atoms with van der Waals surface area (Å²) in [4.78, 5) is 23.1. The van der Waals surface area contributed by atoms with Gasteiger partial charge in [-0.2, -0.15) is 0 Å². The lowest BCUT2D eigenvalue weighted by Gasteiger charge is -2.28. The Morgan fingerprint density at radius 2 is 1.82 bits per heavy atom. The molecule has 4 heteroatoms. The van der Waals surface area contributed by atoms with Gasteiger partial charge in [0.15, 0.2) is 0 Å². The molecule has 0 heterocycles. The fourth-order valence-corrected chi connectivity index (χ4v) is 2.36. The molecule has 1 amide bonds. The zero-order chi connectivity index (χ0) is 13.1. The fraction of sp³-hybridized carbons (Fsp3) is 0.846. The Balaban J connectivity index is 2.57. The van der Waals surface area contributed by atoms with E-state index < -0.39 is 11.4 Å². The number of hydrogen-bond acceptors (Lipinski definition) is 2. The number of amides is 1. The molecular weight excluding hydrogens is 218 g/mol. The number of nitrogens with one attached hydrogen (secondary N) is 1. The summed E-state index contributed by atoms with van der Waals surface area (Å²) in [6, 6.07) is 0. The lowest BCUT2D eigenvalue weighted by molar-refractivity contribution is -0.147. The van der Waals surface area contributed by atoms with E-state index in [1.165, 1.54) is 0 Å². The largest absolute Gasteiger partial charge is 0.481 e. The van der Waals surface area contributed by atoms with Gasteiger partial charge in [0.05, 0.1) is 5.41 Å². The molecule has 4 nitrogen and oxygen atoms in total. The number of carbonyl (C=O) groups excluding carboxylic acids is 1. The molecule has 0 aromatic carbocycles. The smallest absolute Gasteiger partial charge is 0.310 e. The molecule has 1 rings (SSSR count). The lowest BCUT2D eigenvalue weighted by Crippen LogP contribution is -2.45. The van der Waals surface area contributed by atoms with Crippen molar-refractivity contribution in [1.29, 1.82) is 0 Å². The molecule has 1 saturated carbocycles. The minimum atomic E-state index is -0.900. The van der Waals surface area contributed by atoms with Gasteiger partial charge in [-0.1, -0.05) is 19.8 Å². The van der Waals surface area contributed by atoms with Crippen LogP contribution in [0, 0.1) is 10.8 Å². The molecule has 1 fully saturated rings. The predicted octanol–water partition coefficient (Wildman–Crippen LogP) is 2.18. The van der Waals surface area contributed by atoms with Crippen molar-refractivity contribution in [2.24, 2.45) is 10.8 Å². The first-order chi connectivity index (χ1) is 7.84. The average molecular weight is 241 g/mol. The first kappa shape index (κ1) is 14.0. The standard InChI is InChI=1S/C13H23NO3/c1-4-13(7-5-6-8-13)10(15)14-9-12(2,3)11(16)17/h4-9H2,1-3H3,(H,14,15)(H,16,17). The van der Waals surface area contributed by atoms with E-state index in [1.807, 2.05) is 6.92 Å². The molecular formula is C13H23NO3. The molecule has 0 spiro atoms. The van der Waals surface area contributed by atoms with E-state index in [0.717, 1.165) is 32.1 Å². The monoisotopic (exact) mass is 241 g/mol. The SMILES string of the molecule is CCC1(C(=O)NCC(C)(C)C(=O)O)CCCC1. The van der Waals surface area contributed by atoms with Crippen LogP contribution in [0.2, 0.25) is 0 Å². The summed E-state index contributed by atoms with van der Waals surface area (Å²) in [5, 5.41) is 11.8.